The van der Waals surface area contributed by atoms with Gasteiger partial charge in [0.15, 0.2) is 0 Å². The summed E-state index contributed by atoms with van der Waals surface area (Å²) in [5.74, 6) is 1.99. The highest BCUT2D eigenvalue weighted by Crippen LogP contribution is 2.21. The predicted octanol–water partition coefficient (Wildman–Crippen LogP) is 4.37. The molecule has 0 aliphatic carbocycles. The summed E-state index contributed by atoms with van der Waals surface area (Å²) in [6.45, 7) is 1.91. The van der Waals surface area contributed by atoms with Crippen LogP contribution in [0.5, 0.6) is 0 Å². The maximum Gasteiger partial charge on any atom is 0.273 e. The number of anilines is 3. The van der Waals surface area contributed by atoms with Crippen LogP contribution in [0.3, 0.4) is 0 Å². The van der Waals surface area contributed by atoms with E-state index in [0.717, 1.165) is 28.6 Å². The number of imidazole rings is 1. The maximum atomic E-state index is 12.8. The minimum absolute atomic E-state index is 0.228. The molecule has 3 heterocycles. The molecule has 0 aliphatic heterocycles. The maximum absolute atomic E-state index is 12.8. The topological polar surface area (TPSA) is 103 Å². The highest BCUT2D eigenvalue weighted by Gasteiger charge is 2.14. The Kier molecular flexibility index (Phi) is 5.57. The van der Waals surface area contributed by atoms with Crippen molar-refractivity contribution in [3.05, 3.63) is 97.0 Å². The number of nitrogens with one attached hydrogen (secondary N) is 2. The Bertz CT molecular complexity index is 1440. The van der Waals surface area contributed by atoms with Crippen LogP contribution >= 0.6 is 0 Å². The number of rotatable bonds is 6. The van der Waals surface area contributed by atoms with E-state index >= 15 is 0 Å². The normalized spacial score (nSPS) is 10.8. The fraction of sp³-hybridized carbons (Fsp3) is 0.0800. The summed E-state index contributed by atoms with van der Waals surface area (Å²) in [5, 5.41) is 10.6. The Morgan fingerprint density at radius 2 is 1.68 bits per heavy atom. The quantitative estimate of drug-likeness (QED) is 0.398. The van der Waals surface area contributed by atoms with E-state index in [9.17, 15) is 4.79 Å². The van der Waals surface area contributed by atoms with Crippen LogP contribution < -0.4 is 10.6 Å². The van der Waals surface area contributed by atoms with Crippen molar-refractivity contribution in [3.8, 4) is 17.1 Å². The van der Waals surface area contributed by atoms with Crippen molar-refractivity contribution in [2.45, 2.75) is 6.92 Å². The number of aromatic nitrogens is 6. The molecule has 9 heteroatoms. The standard InChI is InChI=1S/C25H22N8O/c1-17-26-12-13-33(17)24-15-23(27-16-28-24)29-19-8-10-20(11-9-19)30-25(34)22-14-21(31-32(22)2)18-6-4-3-5-7-18/h3-16H,1-2H3,(H,30,34)(H,27,28,29). The van der Waals surface area contributed by atoms with E-state index < -0.39 is 0 Å². The highest BCUT2D eigenvalue weighted by molar-refractivity contribution is 6.03. The second kappa shape index (κ2) is 8.99. The van der Waals surface area contributed by atoms with Gasteiger partial charge >= 0.3 is 0 Å². The Morgan fingerprint density at radius 1 is 0.912 bits per heavy atom. The first-order valence-electron chi connectivity index (χ1n) is 10.7. The smallest absolute Gasteiger partial charge is 0.273 e. The van der Waals surface area contributed by atoms with Gasteiger partial charge < -0.3 is 10.6 Å². The van der Waals surface area contributed by atoms with Gasteiger partial charge in [0, 0.05) is 42.4 Å². The van der Waals surface area contributed by atoms with Gasteiger partial charge in [0.1, 0.15) is 29.5 Å². The molecule has 0 bridgehead atoms. The molecule has 0 saturated heterocycles. The van der Waals surface area contributed by atoms with Gasteiger partial charge in [-0.2, -0.15) is 5.10 Å². The molecule has 0 fully saturated rings. The second-order valence-electron chi connectivity index (χ2n) is 7.67. The SMILES string of the molecule is Cc1nccn1-c1cc(Nc2ccc(NC(=O)c3cc(-c4ccccc4)nn3C)cc2)ncn1. The molecule has 5 rings (SSSR count). The van der Waals surface area contributed by atoms with Gasteiger partial charge in [0.2, 0.25) is 0 Å². The van der Waals surface area contributed by atoms with Crippen molar-refractivity contribution >= 4 is 23.1 Å². The summed E-state index contributed by atoms with van der Waals surface area (Å²) >= 11 is 0. The number of benzene rings is 2. The zero-order valence-corrected chi connectivity index (χ0v) is 18.7. The van der Waals surface area contributed by atoms with E-state index in [1.807, 2.05) is 78.4 Å². The number of carbonyl (C=O) groups excluding carboxylic acids is 1. The second-order valence-corrected chi connectivity index (χ2v) is 7.67. The van der Waals surface area contributed by atoms with Crippen LogP contribution in [0.4, 0.5) is 17.2 Å². The van der Waals surface area contributed by atoms with Crippen LogP contribution in [-0.2, 0) is 7.05 Å². The molecule has 0 atom stereocenters. The van der Waals surface area contributed by atoms with Crippen molar-refractivity contribution in [3.63, 3.8) is 0 Å². The fourth-order valence-corrected chi connectivity index (χ4v) is 3.58. The number of aryl methyl sites for hydroxylation is 2. The third kappa shape index (κ3) is 4.40. The molecule has 3 aromatic heterocycles. The van der Waals surface area contributed by atoms with Crippen LogP contribution in [0.25, 0.3) is 17.1 Å². The van der Waals surface area contributed by atoms with Crippen LogP contribution in [0, 0.1) is 6.92 Å². The number of hydrogen-bond acceptors (Lipinski definition) is 6. The zero-order valence-electron chi connectivity index (χ0n) is 18.7. The molecule has 0 radical (unpaired) electrons. The van der Waals surface area contributed by atoms with Crippen molar-refractivity contribution in [1.82, 2.24) is 29.3 Å². The van der Waals surface area contributed by atoms with Crippen LogP contribution in [0.2, 0.25) is 0 Å². The first-order chi connectivity index (χ1) is 16.6. The minimum atomic E-state index is -0.228. The zero-order chi connectivity index (χ0) is 23.5. The molecule has 2 N–H and O–H groups in total. The van der Waals surface area contributed by atoms with E-state index in [-0.39, 0.29) is 5.91 Å². The van der Waals surface area contributed by atoms with Crippen molar-refractivity contribution in [1.29, 1.82) is 0 Å². The van der Waals surface area contributed by atoms with Gasteiger partial charge in [0.25, 0.3) is 5.91 Å². The van der Waals surface area contributed by atoms with Gasteiger partial charge in [-0.05, 0) is 37.3 Å². The molecule has 1 amide bonds. The lowest BCUT2D eigenvalue weighted by Gasteiger charge is -2.10. The van der Waals surface area contributed by atoms with E-state index in [0.29, 0.717) is 17.2 Å². The van der Waals surface area contributed by atoms with Gasteiger partial charge in [-0.3, -0.25) is 14.0 Å². The number of nitrogens with zero attached hydrogens (tertiary/aromatic N) is 6. The van der Waals surface area contributed by atoms with E-state index in [1.165, 1.54) is 6.33 Å². The van der Waals surface area contributed by atoms with Crippen LogP contribution in [-0.4, -0.2) is 35.2 Å². The predicted molar refractivity (Wildman–Crippen MR) is 130 cm³/mol. The molecule has 168 valence electrons. The molecule has 2 aromatic carbocycles. The molecule has 9 nitrogen and oxygen atoms in total. The van der Waals surface area contributed by atoms with E-state index in [1.54, 1.807) is 24.0 Å². The van der Waals surface area contributed by atoms with Gasteiger partial charge in [-0.1, -0.05) is 30.3 Å². The summed E-state index contributed by atoms with van der Waals surface area (Å²) in [6, 6.07) is 20.8. The van der Waals surface area contributed by atoms with Gasteiger partial charge in [0.05, 0.1) is 5.69 Å². The number of hydrogen-bond donors (Lipinski definition) is 2. The molecule has 5 aromatic rings. The summed E-state index contributed by atoms with van der Waals surface area (Å²) < 4.78 is 3.47. The molecule has 0 spiro atoms. The molecule has 0 saturated carbocycles. The summed E-state index contributed by atoms with van der Waals surface area (Å²) in [4.78, 5) is 25.6. The molecular weight excluding hydrogens is 428 g/mol. The number of carbonyl (C=O) groups is 1. The third-order valence-electron chi connectivity index (χ3n) is 5.32. The lowest BCUT2D eigenvalue weighted by atomic mass is 10.1. The summed E-state index contributed by atoms with van der Waals surface area (Å²) in [7, 11) is 1.76. The largest absolute Gasteiger partial charge is 0.340 e. The van der Waals surface area contributed by atoms with E-state index in [2.05, 4.69) is 30.7 Å². The fourth-order valence-electron chi connectivity index (χ4n) is 3.58. The number of amides is 1. The lowest BCUT2D eigenvalue weighted by Crippen LogP contribution is -2.16. The minimum Gasteiger partial charge on any atom is -0.340 e. The van der Waals surface area contributed by atoms with Crippen molar-refractivity contribution < 1.29 is 4.79 Å². The van der Waals surface area contributed by atoms with Gasteiger partial charge in [-0.15, -0.1) is 0 Å². The van der Waals surface area contributed by atoms with E-state index in [4.69, 9.17) is 0 Å². The Morgan fingerprint density at radius 3 is 2.41 bits per heavy atom. The van der Waals surface area contributed by atoms with Crippen LogP contribution in [0.15, 0.2) is 85.5 Å². The first-order valence-corrected chi connectivity index (χ1v) is 10.7. The van der Waals surface area contributed by atoms with Crippen LogP contribution in [0.1, 0.15) is 16.3 Å². The molecular formula is C25H22N8O. The van der Waals surface area contributed by atoms with Gasteiger partial charge in [-0.25, -0.2) is 15.0 Å². The Hall–Kier alpha value is -4.79. The third-order valence-corrected chi connectivity index (χ3v) is 5.32. The summed E-state index contributed by atoms with van der Waals surface area (Å²) in [5.41, 5.74) is 3.70. The molecule has 34 heavy (non-hydrogen) atoms. The summed E-state index contributed by atoms with van der Waals surface area (Å²) in [6.07, 6.45) is 5.08. The Labute approximate surface area is 196 Å². The lowest BCUT2D eigenvalue weighted by molar-refractivity contribution is 0.101. The monoisotopic (exact) mass is 450 g/mol. The molecule has 0 aliphatic rings. The highest BCUT2D eigenvalue weighted by atomic mass is 16.2. The molecule has 0 unspecified atom stereocenters. The average Bonchev–Trinajstić information content (AvgIpc) is 3.46. The average molecular weight is 451 g/mol. The van der Waals surface area contributed by atoms with Crippen molar-refractivity contribution in [2.75, 3.05) is 10.6 Å². The van der Waals surface area contributed by atoms with Crippen molar-refractivity contribution in [2.24, 2.45) is 7.05 Å². The first kappa shape index (κ1) is 21.1. The Balaban J connectivity index is 1.27.